The van der Waals surface area contributed by atoms with Gasteiger partial charge in [0, 0.05) is 33.0 Å². The molecule has 0 spiro atoms. The summed E-state index contributed by atoms with van der Waals surface area (Å²) in [5, 5.41) is 12.7. The standard InChI is InChI=1S/C66H50N6/c1-43-11-19-47(20-12-43)51-27-35-55(36-28-51)63-67-65(57-39-31-53(32-40-57)49-23-15-45(3)16-24-49)71(69-63)61-9-5-8-60-59(61)7-6-10-62(60)72-66(58-41-33-54(34-42-58)50-25-17-46(4)18-26-50)68-64(70-72)56-37-29-52(30-38-56)48-21-13-44(2)14-22-48/h5-42H,1-4H3. The normalized spacial score (nSPS) is 11.3. The van der Waals surface area contributed by atoms with Crippen LogP contribution in [-0.2, 0) is 0 Å². The molecule has 0 unspecified atom stereocenters. The van der Waals surface area contributed by atoms with Crippen molar-refractivity contribution in [2.24, 2.45) is 0 Å². The van der Waals surface area contributed by atoms with Gasteiger partial charge in [-0.05, 0) is 84.3 Å². The number of aromatic nitrogens is 6. The molecule has 2 heterocycles. The molecule has 0 aliphatic rings. The first-order valence-corrected chi connectivity index (χ1v) is 24.4. The Morgan fingerprint density at radius 1 is 0.236 bits per heavy atom. The van der Waals surface area contributed by atoms with Crippen molar-refractivity contribution in [3.8, 4) is 101 Å². The van der Waals surface area contributed by atoms with Gasteiger partial charge in [-0.1, -0.05) is 241 Å². The van der Waals surface area contributed by atoms with Crippen molar-refractivity contribution < 1.29 is 0 Å². The van der Waals surface area contributed by atoms with Gasteiger partial charge in [-0.3, -0.25) is 0 Å². The molecule has 344 valence electrons. The summed E-state index contributed by atoms with van der Waals surface area (Å²) in [6.07, 6.45) is 0. The maximum absolute atomic E-state index is 5.33. The van der Waals surface area contributed by atoms with Crippen LogP contribution in [0.3, 0.4) is 0 Å². The number of fused-ring (bicyclic) bond motifs is 1. The maximum atomic E-state index is 5.33. The fourth-order valence-electron chi connectivity index (χ4n) is 9.46. The van der Waals surface area contributed by atoms with Crippen LogP contribution < -0.4 is 0 Å². The number of hydrogen-bond acceptors (Lipinski definition) is 4. The average molecular weight is 927 g/mol. The predicted molar refractivity (Wildman–Crippen MR) is 296 cm³/mol. The molecule has 0 saturated heterocycles. The van der Waals surface area contributed by atoms with Gasteiger partial charge < -0.3 is 0 Å². The van der Waals surface area contributed by atoms with Crippen LogP contribution in [-0.4, -0.2) is 29.5 Å². The summed E-state index contributed by atoms with van der Waals surface area (Å²) < 4.78 is 4.01. The van der Waals surface area contributed by atoms with Crippen molar-refractivity contribution in [1.82, 2.24) is 29.5 Å². The molecule has 0 atom stereocenters. The van der Waals surface area contributed by atoms with E-state index in [1.165, 1.54) is 44.5 Å². The smallest absolute Gasteiger partial charge is 0.182 e. The van der Waals surface area contributed by atoms with Crippen LogP contribution in [0, 0.1) is 27.7 Å². The lowest BCUT2D eigenvalue weighted by atomic mass is 10.0. The Hall–Kier alpha value is -9.26. The van der Waals surface area contributed by atoms with Gasteiger partial charge in [0.15, 0.2) is 23.3 Å². The van der Waals surface area contributed by atoms with E-state index in [9.17, 15) is 0 Å². The lowest BCUT2D eigenvalue weighted by molar-refractivity contribution is 0.891. The molecule has 0 bridgehead atoms. The molecule has 12 rings (SSSR count). The van der Waals surface area contributed by atoms with Crippen LogP contribution in [0.25, 0.3) is 112 Å². The van der Waals surface area contributed by atoms with E-state index in [-0.39, 0.29) is 0 Å². The van der Waals surface area contributed by atoms with E-state index in [2.05, 4.69) is 258 Å². The van der Waals surface area contributed by atoms with Gasteiger partial charge in [0.05, 0.1) is 11.4 Å². The number of nitrogens with zero attached hydrogens (tertiary/aromatic N) is 6. The van der Waals surface area contributed by atoms with Crippen molar-refractivity contribution in [3.05, 3.63) is 253 Å². The Morgan fingerprint density at radius 3 is 0.722 bits per heavy atom. The second kappa shape index (κ2) is 18.6. The average Bonchev–Trinajstić information content (AvgIpc) is 4.08. The van der Waals surface area contributed by atoms with Gasteiger partial charge in [0.2, 0.25) is 0 Å². The molecule has 72 heavy (non-hydrogen) atoms. The molecule has 10 aromatic carbocycles. The molecule has 0 fully saturated rings. The maximum Gasteiger partial charge on any atom is 0.182 e. The lowest BCUT2D eigenvalue weighted by Crippen LogP contribution is -2.04. The predicted octanol–water partition coefficient (Wildman–Crippen LogP) is 16.6. The monoisotopic (exact) mass is 926 g/mol. The zero-order valence-electron chi connectivity index (χ0n) is 40.6. The van der Waals surface area contributed by atoms with E-state index in [1.807, 2.05) is 9.36 Å². The highest BCUT2D eigenvalue weighted by Crippen LogP contribution is 2.36. The van der Waals surface area contributed by atoms with Crippen LogP contribution in [0.15, 0.2) is 231 Å². The van der Waals surface area contributed by atoms with Gasteiger partial charge in [-0.25, -0.2) is 19.3 Å². The molecule has 0 radical (unpaired) electrons. The minimum Gasteiger partial charge on any atom is -0.212 e. The summed E-state index contributed by atoms with van der Waals surface area (Å²) in [5.74, 6) is 2.77. The highest BCUT2D eigenvalue weighted by molar-refractivity contribution is 5.97. The molecule has 0 aliphatic carbocycles. The summed E-state index contributed by atoms with van der Waals surface area (Å²) in [5.41, 5.74) is 19.8. The van der Waals surface area contributed by atoms with Crippen molar-refractivity contribution in [2.75, 3.05) is 0 Å². The third kappa shape index (κ3) is 8.60. The number of aryl methyl sites for hydroxylation is 4. The number of rotatable bonds is 10. The second-order valence-electron chi connectivity index (χ2n) is 18.8. The first kappa shape index (κ1) is 44.0. The van der Waals surface area contributed by atoms with Gasteiger partial charge in [-0.2, -0.15) is 0 Å². The van der Waals surface area contributed by atoms with Crippen LogP contribution in [0.1, 0.15) is 22.3 Å². The van der Waals surface area contributed by atoms with Crippen LogP contribution in [0.2, 0.25) is 0 Å². The summed E-state index contributed by atoms with van der Waals surface area (Å²) in [6, 6.07) is 81.7. The summed E-state index contributed by atoms with van der Waals surface area (Å²) >= 11 is 0. The van der Waals surface area contributed by atoms with Gasteiger partial charge in [-0.15, -0.1) is 10.2 Å². The van der Waals surface area contributed by atoms with Crippen molar-refractivity contribution >= 4 is 10.8 Å². The van der Waals surface area contributed by atoms with Crippen LogP contribution >= 0.6 is 0 Å². The molecular formula is C66H50N6. The largest absolute Gasteiger partial charge is 0.212 e. The fourth-order valence-corrected chi connectivity index (χ4v) is 9.46. The third-order valence-corrected chi connectivity index (χ3v) is 13.7. The molecule has 2 aromatic heterocycles. The van der Waals surface area contributed by atoms with Crippen molar-refractivity contribution in [1.29, 1.82) is 0 Å². The third-order valence-electron chi connectivity index (χ3n) is 13.7. The van der Waals surface area contributed by atoms with Crippen LogP contribution in [0.5, 0.6) is 0 Å². The zero-order chi connectivity index (χ0) is 48.7. The Kier molecular flexibility index (Phi) is 11.3. The Labute approximate surface area is 420 Å². The highest BCUT2D eigenvalue weighted by Gasteiger charge is 2.21. The number of benzene rings is 10. The SMILES string of the molecule is Cc1ccc(-c2ccc(-c3nc(-c4ccc(-c5ccc(C)cc5)cc4)n(-c4cccc5c(-n6nc(-c7ccc(-c8ccc(C)cc8)cc7)nc6-c6ccc(-c7ccc(C)cc7)cc6)cccc45)n3)cc2)cc1. The van der Waals surface area contributed by atoms with E-state index >= 15 is 0 Å². The molecule has 6 heteroatoms. The Bertz CT molecular complexity index is 3610. The Balaban J connectivity index is 0.983. The lowest BCUT2D eigenvalue weighted by Gasteiger charge is -2.14. The first-order valence-electron chi connectivity index (χ1n) is 24.4. The van der Waals surface area contributed by atoms with Crippen molar-refractivity contribution in [2.45, 2.75) is 27.7 Å². The molecule has 12 aromatic rings. The molecule has 0 amide bonds. The summed E-state index contributed by atoms with van der Waals surface area (Å²) in [7, 11) is 0. The van der Waals surface area contributed by atoms with E-state index < -0.39 is 0 Å². The quantitative estimate of drug-likeness (QED) is 0.137. The van der Waals surface area contributed by atoms with Crippen LogP contribution in [0.4, 0.5) is 0 Å². The van der Waals surface area contributed by atoms with E-state index in [0.717, 1.165) is 78.3 Å². The second-order valence-corrected chi connectivity index (χ2v) is 18.8. The summed E-state index contributed by atoms with van der Waals surface area (Å²) in [4.78, 5) is 10.6. The van der Waals surface area contributed by atoms with Gasteiger partial charge in [0.1, 0.15) is 0 Å². The zero-order valence-corrected chi connectivity index (χ0v) is 40.6. The molecule has 0 aliphatic heterocycles. The first-order chi connectivity index (χ1) is 35.3. The molecule has 0 N–H and O–H groups in total. The van der Waals surface area contributed by atoms with E-state index in [0.29, 0.717) is 11.6 Å². The number of hydrogen-bond donors (Lipinski definition) is 0. The fraction of sp³-hybridized carbons (Fsp3) is 0.0606. The van der Waals surface area contributed by atoms with Gasteiger partial charge >= 0.3 is 0 Å². The van der Waals surface area contributed by atoms with Crippen molar-refractivity contribution in [3.63, 3.8) is 0 Å². The highest BCUT2D eigenvalue weighted by atomic mass is 15.4. The minimum atomic E-state index is 0.641. The van der Waals surface area contributed by atoms with Gasteiger partial charge in [0.25, 0.3) is 0 Å². The molecule has 0 saturated carbocycles. The molecule has 6 nitrogen and oxygen atoms in total. The molecular weight excluding hydrogens is 877 g/mol. The summed E-state index contributed by atoms with van der Waals surface area (Å²) in [6.45, 7) is 8.45. The topological polar surface area (TPSA) is 61.4 Å². The minimum absolute atomic E-state index is 0.641. The Morgan fingerprint density at radius 2 is 0.458 bits per heavy atom. The van der Waals surface area contributed by atoms with E-state index in [1.54, 1.807) is 0 Å². The van der Waals surface area contributed by atoms with E-state index in [4.69, 9.17) is 20.2 Å².